The molecule has 0 saturated carbocycles. The number of hydrogen-bond acceptors (Lipinski definition) is 9. The van der Waals surface area contributed by atoms with E-state index in [0.29, 0.717) is 34.5 Å². The summed E-state index contributed by atoms with van der Waals surface area (Å²) in [6, 6.07) is 6.21. The number of halogens is 1. The Kier molecular flexibility index (Phi) is 6.26. The quantitative estimate of drug-likeness (QED) is 0.569. The minimum absolute atomic E-state index is 0.337. The predicted octanol–water partition coefficient (Wildman–Crippen LogP) is 2.17. The van der Waals surface area contributed by atoms with Crippen LogP contribution in [-0.4, -0.2) is 81.1 Å². The standard InChI is InChI=1S/C25H29FN8OS/c1-32-8-5-19-20(6-9-32)29-22(16-27-19)33-10-12-34(13-11-33)25-30-21-7-14-36(35)23(21)24(31-25)28-18-4-2-3-17(26)15-18/h2-4,15-16H,5-14H2,1H3,(H,28,30,31). The average Bonchev–Trinajstić information content (AvgIpc) is 3.16. The summed E-state index contributed by atoms with van der Waals surface area (Å²) in [5, 5.41) is 3.18. The molecule has 2 aromatic heterocycles. The van der Waals surface area contributed by atoms with Gasteiger partial charge in [0.05, 0.1) is 34.1 Å². The molecule has 3 aliphatic heterocycles. The van der Waals surface area contributed by atoms with Crippen LogP contribution in [0.1, 0.15) is 17.1 Å². The number of aryl methyl sites for hydroxylation is 1. The van der Waals surface area contributed by atoms with Crippen LogP contribution in [0.5, 0.6) is 0 Å². The Bertz CT molecular complexity index is 1310. The van der Waals surface area contributed by atoms with E-state index in [0.717, 1.165) is 75.0 Å². The fourth-order valence-corrected chi connectivity index (χ4v) is 6.26. The minimum Gasteiger partial charge on any atom is -0.352 e. The molecule has 0 aliphatic carbocycles. The van der Waals surface area contributed by atoms with E-state index < -0.39 is 10.8 Å². The molecule has 1 unspecified atom stereocenters. The summed E-state index contributed by atoms with van der Waals surface area (Å²) in [5.74, 6) is 2.24. The maximum Gasteiger partial charge on any atom is 0.227 e. The molecule has 1 N–H and O–H groups in total. The third kappa shape index (κ3) is 4.64. The van der Waals surface area contributed by atoms with Crippen LogP contribution < -0.4 is 15.1 Å². The van der Waals surface area contributed by atoms with Crippen LogP contribution in [0, 0.1) is 5.82 Å². The molecular weight excluding hydrogens is 479 g/mol. The number of likely N-dealkylation sites (N-methyl/N-ethyl adjacent to an activating group) is 1. The number of nitrogens with zero attached hydrogens (tertiary/aromatic N) is 7. The van der Waals surface area contributed by atoms with Gasteiger partial charge in [-0.1, -0.05) is 6.07 Å². The predicted molar refractivity (Wildman–Crippen MR) is 138 cm³/mol. The first-order valence-corrected chi connectivity index (χ1v) is 13.7. The molecule has 188 valence electrons. The Labute approximate surface area is 212 Å². The highest BCUT2D eigenvalue weighted by molar-refractivity contribution is 7.85. The molecule has 9 nitrogen and oxygen atoms in total. The first-order chi connectivity index (χ1) is 17.5. The Morgan fingerprint density at radius 1 is 0.917 bits per heavy atom. The third-order valence-electron chi connectivity index (χ3n) is 7.03. The molecule has 36 heavy (non-hydrogen) atoms. The largest absolute Gasteiger partial charge is 0.352 e. The van der Waals surface area contributed by atoms with Crippen LogP contribution in [-0.2, 0) is 30.1 Å². The topological polar surface area (TPSA) is 90.4 Å². The number of aromatic nitrogens is 4. The summed E-state index contributed by atoms with van der Waals surface area (Å²) in [4.78, 5) is 26.6. The third-order valence-corrected chi connectivity index (χ3v) is 8.49. The molecule has 5 heterocycles. The van der Waals surface area contributed by atoms with E-state index in [4.69, 9.17) is 19.9 Å². The van der Waals surface area contributed by atoms with Gasteiger partial charge in [-0.25, -0.2) is 14.4 Å². The van der Waals surface area contributed by atoms with Gasteiger partial charge < -0.3 is 20.0 Å². The van der Waals surface area contributed by atoms with E-state index in [9.17, 15) is 8.60 Å². The normalized spacial score (nSPS) is 20.1. The van der Waals surface area contributed by atoms with Gasteiger partial charge in [0, 0.05) is 70.0 Å². The van der Waals surface area contributed by atoms with Crippen LogP contribution in [0.15, 0.2) is 35.4 Å². The first-order valence-electron chi connectivity index (χ1n) is 12.4. The molecule has 1 aromatic carbocycles. The molecule has 0 amide bonds. The summed E-state index contributed by atoms with van der Waals surface area (Å²) in [6.07, 6.45) is 4.43. The van der Waals surface area contributed by atoms with Crippen LogP contribution >= 0.6 is 0 Å². The van der Waals surface area contributed by atoms with Crippen LogP contribution in [0.25, 0.3) is 0 Å². The lowest BCUT2D eigenvalue weighted by Crippen LogP contribution is -2.47. The molecule has 0 spiro atoms. The van der Waals surface area contributed by atoms with Crippen LogP contribution in [0.2, 0.25) is 0 Å². The van der Waals surface area contributed by atoms with Crippen molar-refractivity contribution in [2.24, 2.45) is 0 Å². The lowest BCUT2D eigenvalue weighted by molar-refractivity contribution is 0.351. The van der Waals surface area contributed by atoms with Crippen molar-refractivity contribution in [2.75, 3.05) is 67.2 Å². The van der Waals surface area contributed by atoms with Crippen molar-refractivity contribution in [1.82, 2.24) is 24.8 Å². The second-order valence-electron chi connectivity index (χ2n) is 9.48. The van der Waals surface area contributed by atoms with Gasteiger partial charge in [0.1, 0.15) is 16.5 Å². The highest BCUT2D eigenvalue weighted by atomic mass is 32.2. The Morgan fingerprint density at radius 2 is 1.69 bits per heavy atom. The number of benzene rings is 1. The van der Waals surface area contributed by atoms with Gasteiger partial charge in [0.2, 0.25) is 5.95 Å². The molecule has 3 aliphatic rings. The van der Waals surface area contributed by atoms with Gasteiger partial charge in [-0.05, 0) is 25.2 Å². The van der Waals surface area contributed by atoms with Gasteiger partial charge in [0.25, 0.3) is 0 Å². The minimum atomic E-state index is -1.16. The van der Waals surface area contributed by atoms with Crippen molar-refractivity contribution >= 4 is 34.1 Å². The van der Waals surface area contributed by atoms with Gasteiger partial charge in [-0.2, -0.15) is 4.98 Å². The average molecular weight is 509 g/mol. The maximum atomic E-state index is 13.7. The molecule has 6 rings (SSSR count). The van der Waals surface area contributed by atoms with E-state index in [1.807, 2.05) is 6.20 Å². The molecule has 0 bridgehead atoms. The molecule has 1 atom stereocenters. The van der Waals surface area contributed by atoms with Gasteiger partial charge in [-0.15, -0.1) is 0 Å². The molecule has 1 fully saturated rings. The summed E-state index contributed by atoms with van der Waals surface area (Å²) in [5.41, 5.74) is 3.61. The number of fused-ring (bicyclic) bond motifs is 2. The fourth-order valence-electron chi connectivity index (χ4n) is 4.96. The second-order valence-corrected chi connectivity index (χ2v) is 11.0. The van der Waals surface area contributed by atoms with Crippen molar-refractivity contribution in [3.8, 4) is 0 Å². The van der Waals surface area contributed by atoms with Crippen molar-refractivity contribution < 1.29 is 8.60 Å². The van der Waals surface area contributed by atoms with Gasteiger partial charge >= 0.3 is 0 Å². The van der Waals surface area contributed by atoms with Crippen LogP contribution in [0.4, 0.5) is 27.7 Å². The van der Waals surface area contributed by atoms with E-state index in [2.05, 4.69) is 27.1 Å². The molecular formula is C25H29FN8OS. The summed E-state index contributed by atoms with van der Waals surface area (Å²) >= 11 is 0. The van der Waals surface area contributed by atoms with Crippen molar-refractivity contribution in [1.29, 1.82) is 0 Å². The zero-order chi connectivity index (χ0) is 24.6. The Balaban J connectivity index is 1.20. The zero-order valence-corrected chi connectivity index (χ0v) is 21.1. The summed E-state index contributed by atoms with van der Waals surface area (Å²) in [7, 11) is 0.979. The van der Waals surface area contributed by atoms with E-state index in [1.165, 1.54) is 12.1 Å². The van der Waals surface area contributed by atoms with Crippen molar-refractivity contribution in [3.05, 3.63) is 53.4 Å². The zero-order valence-electron chi connectivity index (χ0n) is 20.3. The lowest BCUT2D eigenvalue weighted by atomic mass is 10.2. The summed E-state index contributed by atoms with van der Waals surface area (Å²) < 4.78 is 26.4. The lowest BCUT2D eigenvalue weighted by Gasteiger charge is -2.35. The van der Waals surface area contributed by atoms with Gasteiger partial charge in [0.15, 0.2) is 5.82 Å². The van der Waals surface area contributed by atoms with Gasteiger partial charge in [-0.3, -0.25) is 9.19 Å². The number of anilines is 4. The molecule has 0 radical (unpaired) electrons. The van der Waals surface area contributed by atoms with Crippen molar-refractivity contribution in [2.45, 2.75) is 24.2 Å². The Morgan fingerprint density at radius 3 is 2.50 bits per heavy atom. The fraction of sp³-hybridized carbons (Fsp3) is 0.440. The molecule has 3 aromatic rings. The second kappa shape index (κ2) is 9.70. The summed E-state index contributed by atoms with van der Waals surface area (Å²) in [6.45, 7) is 5.07. The highest BCUT2D eigenvalue weighted by Crippen LogP contribution is 2.32. The number of rotatable bonds is 4. The number of piperazine rings is 1. The highest BCUT2D eigenvalue weighted by Gasteiger charge is 2.29. The van der Waals surface area contributed by atoms with Crippen LogP contribution in [0.3, 0.4) is 0 Å². The smallest absolute Gasteiger partial charge is 0.227 e. The van der Waals surface area contributed by atoms with E-state index in [-0.39, 0.29) is 5.82 Å². The SMILES string of the molecule is CN1CCc2ncc(N3CCN(c4nc5c(c(Nc6cccc(F)c6)n4)S(=O)CC5)CC3)nc2CC1. The van der Waals surface area contributed by atoms with E-state index >= 15 is 0 Å². The van der Waals surface area contributed by atoms with E-state index in [1.54, 1.807) is 12.1 Å². The maximum absolute atomic E-state index is 13.7. The Hall–Kier alpha value is -3.18. The number of nitrogens with one attached hydrogen (secondary N) is 1. The monoisotopic (exact) mass is 508 g/mol. The first kappa shape index (κ1) is 23.2. The van der Waals surface area contributed by atoms with Crippen molar-refractivity contribution in [3.63, 3.8) is 0 Å². The molecule has 1 saturated heterocycles. The molecule has 11 heteroatoms. The number of hydrogen-bond donors (Lipinski definition) is 1.